The Balaban J connectivity index is 2.98. The largest absolute Gasteiger partial charge is 0.398 e. The Morgan fingerprint density at radius 3 is 2.70 bits per heavy atom. The van der Waals surface area contributed by atoms with Crippen LogP contribution in [0, 0.1) is 6.92 Å². The number of benzene rings is 1. The maximum atomic E-state index is 12.4. The van der Waals surface area contributed by atoms with E-state index in [1.807, 2.05) is 0 Å². The molecule has 0 aliphatic carbocycles. The highest BCUT2D eigenvalue weighted by Gasteiger charge is 2.31. The minimum absolute atomic E-state index is 0.00751. The fraction of sp³-hybridized carbons (Fsp3) is 0.462. The molecule has 6 nitrogen and oxygen atoms in total. The smallest absolute Gasteiger partial charge is 0.238 e. The average molecular weight is 300 g/mol. The third kappa shape index (κ3) is 3.71. The molecule has 112 valence electrons. The number of carbonyl (C=O) groups is 1. The summed E-state index contributed by atoms with van der Waals surface area (Å²) < 4.78 is 29.6. The van der Waals surface area contributed by atoms with Crippen molar-refractivity contribution in [2.45, 2.75) is 24.0 Å². The van der Waals surface area contributed by atoms with E-state index in [9.17, 15) is 13.2 Å². The number of aryl methyl sites for hydroxylation is 1. The molecule has 3 N–H and O–H groups in total. The summed E-state index contributed by atoms with van der Waals surface area (Å²) in [4.78, 5) is 11.8. The molecule has 20 heavy (non-hydrogen) atoms. The van der Waals surface area contributed by atoms with Crippen LogP contribution in [0.2, 0.25) is 0 Å². The molecule has 0 saturated heterocycles. The predicted molar refractivity (Wildman–Crippen MR) is 77.1 cm³/mol. The minimum atomic E-state index is -3.81. The number of nitrogens with one attached hydrogen (secondary N) is 1. The molecule has 1 amide bonds. The van der Waals surface area contributed by atoms with Gasteiger partial charge >= 0.3 is 0 Å². The Kier molecular flexibility index (Phi) is 5.52. The van der Waals surface area contributed by atoms with E-state index in [1.54, 1.807) is 13.0 Å². The summed E-state index contributed by atoms with van der Waals surface area (Å²) >= 11 is 0. The molecule has 1 atom stereocenters. The van der Waals surface area contributed by atoms with Crippen LogP contribution < -0.4 is 11.1 Å². The van der Waals surface area contributed by atoms with Gasteiger partial charge in [-0.05, 0) is 31.5 Å². The average Bonchev–Trinajstić information content (AvgIpc) is 2.40. The molecule has 0 fully saturated rings. The van der Waals surface area contributed by atoms with E-state index >= 15 is 0 Å². The number of hydrogen-bond acceptors (Lipinski definition) is 5. The Hall–Kier alpha value is -1.60. The van der Waals surface area contributed by atoms with Gasteiger partial charge in [-0.25, -0.2) is 8.42 Å². The Bertz CT molecular complexity index is 584. The summed E-state index contributed by atoms with van der Waals surface area (Å²) in [7, 11) is -2.31. The van der Waals surface area contributed by atoms with Crippen molar-refractivity contribution < 1.29 is 17.9 Å². The van der Waals surface area contributed by atoms with Crippen LogP contribution in [0.15, 0.2) is 23.1 Å². The molecule has 0 heterocycles. The first-order valence-electron chi connectivity index (χ1n) is 6.17. The van der Waals surface area contributed by atoms with Crippen molar-refractivity contribution in [1.82, 2.24) is 5.32 Å². The monoisotopic (exact) mass is 300 g/mol. The van der Waals surface area contributed by atoms with Gasteiger partial charge in [-0.2, -0.15) is 0 Å². The first-order valence-corrected chi connectivity index (χ1v) is 7.72. The molecule has 0 bridgehead atoms. The van der Waals surface area contributed by atoms with E-state index in [0.29, 0.717) is 6.61 Å². The van der Waals surface area contributed by atoms with Gasteiger partial charge in [-0.1, -0.05) is 6.07 Å². The van der Waals surface area contributed by atoms with Crippen molar-refractivity contribution in [3.63, 3.8) is 0 Å². The first kappa shape index (κ1) is 16.5. The van der Waals surface area contributed by atoms with Crippen LogP contribution in [0.5, 0.6) is 0 Å². The van der Waals surface area contributed by atoms with Crippen LogP contribution >= 0.6 is 0 Å². The van der Waals surface area contributed by atoms with Crippen molar-refractivity contribution in [2.75, 3.05) is 26.0 Å². The van der Waals surface area contributed by atoms with Crippen molar-refractivity contribution in [3.8, 4) is 0 Å². The van der Waals surface area contributed by atoms with Crippen LogP contribution in [-0.2, 0) is 19.4 Å². The lowest BCUT2D eigenvalue weighted by molar-refractivity contribution is -0.120. The third-order valence-electron chi connectivity index (χ3n) is 2.92. The lowest BCUT2D eigenvalue weighted by Crippen LogP contribution is -2.39. The van der Waals surface area contributed by atoms with E-state index in [1.165, 1.54) is 26.2 Å². The second kappa shape index (κ2) is 6.71. The van der Waals surface area contributed by atoms with E-state index in [0.717, 1.165) is 5.56 Å². The number of nitrogens with two attached hydrogens (primary N) is 1. The molecule has 7 heteroatoms. The number of carbonyl (C=O) groups excluding carboxylic acids is 1. The molecular weight excluding hydrogens is 280 g/mol. The molecule has 0 aliphatic rings. The highest BCUT2D eigenvalue weighted by Crippen LogP contribution is 2.24. The SMILES string of the molecule is COCCNC(=O)C(C)S(=O)(=O)c1cc(C)ccc1N. The lowest BCUT2D eigenvalue weighted by atomic mass is 10.2. The number of anilines is 1. The van der Waals surface area contributed by atoms with Crippen molar-refractivity contribution in [3.05, 3.63) is 23.8 Å². The van der Waals surface area contributed by atoms with Gasteiger partial charge in [-0.15, -0.1) is 0 Å². The van der Waals surface area contributed by atoms with Crippen molar-refractivity contribution in [1.29, 1.82) is 0 Å². The number of rotatable bonds is 6. The zero-order valence-electron chi connectivity index (χ0n) is 11.8. The van der Waals surface area contributed by atoms with Gasteiger partial charge in [0.1, 0.15) is 5.25 Å². The van der Waals surface area contributed by atoms with Gasteiger partial charge in [0.25, 0.3) is 0 Å². The molecule has 1 rings (SSSR count). The maximum absolute atomic E-state index is 12.4. The Labute approximate surface area is 119 Å². The van der Waals surface area contributed by atoms with Crippen LogP contribution in [0.3, 0.4) is 0 Å². The first-order chi connectivity index (χ1) is 9.30. The fourth-order valence-corrected chi connectivity index (χ4v) is 3.13. The number of nitrogen functional groups attached to an aromatic ring is 1. The topological polar surface area (TPSA) is 98.5 Å². The van der Waals surface area contributed by atoms with E-state index in [4.69, 9.17) is 10.5 Å². The minimum Gasteiger partial charge on any atom is -0.398 e. The summed E-state index contributed by atoms with van der Waals surface area (Å²) in [5.41, 5.74) is 6.62. The number of ether oxygens (including phenoxy) is 1. The number of sulfone groups is 1. The Morgan fingerprint density at radius 2 is 2.10 bits per heavy atom. The maximum Gasteiger partial charge on any atom is 0.238 e. The van der Waals surface area contributed by atoms with Crippen LogP contribution in [0.4, 0.5) is 5.69 Å². The third-order valence-corrected chi connectivity index (χ3v) is 5.03. The summed E-state index contributed by atoms with van der Waals surface area (Å²) in [5, 5.41) is 1.30. The summed E-state index contributed by atoms with van der Waals surface area (Å²) in [6.45, 7) is 3.70. The zero-order valence-corrected chi connectivity index (χ0v) is 12.7. The van der Waals surface area contributed by atoms with Crippen molar-refractivity contribution in [2.24, 2.45) is 0 Å². The number of amides is 1. The molecule has 1 unspecified atom stereocenters. The second-order valence-corrected chi connectivity index (χ2v) is 6.75. The quantitative estimate of drug-likeness (QED) is 0.589. The lowest BCUT2D eigenvalue weighted by Gasteiger charge is -2.15. The zero-order chi connectivity index (χ0) is 15.3. The van der Waals surface area contributed by atoms with E-state index < -0.39 is 21.0 Å². The molecule has 0 aliphatic heterocycles. The van der Waals surface area contributed by atoms with Gasteiger partial charge in [0.15, 0.2) is 9.84 Å². The van der Waals surface area contributed by atoms with E-state index in [-0.39, 0.29) is 17.1 Å². The predicted octanol–water partition coefficient (Wildman–Crippen LogP) is 0.502. The number of methoxy groups -OCH3 is 1. The fourth-order valence-electron chi connectivity index (χ4n) is 1.64. The summed E-state index contributed by atoms with van der Waals surface area (Å²) in [6.07, 6.45) is 0. The van der Waals surface area contributed by atoms with E-state index in [2.05, 4.69) is 5.32 Å². The van der Waals surface area contributed by atoms with Gasteiger partial charge < -0.3 is 15.8 Å². The molecular formula is C13H20N2O4S. The molecule has 0 aromatic heterocycles. The van der Waals surface area contributed by atoms with Crippen LogP contribution in [0.25, 0.3) is 0 Å². The van der Waals surface area contributed by atoms with Gasteiger partial charge in [-0.3, -0.25) is 4.79 Å². The van der Waals surface area contributed by atoms with Gasteiger partial charge in [0, 0.05) is 13.7 Å². The molecule has 1 aromatic rings. The molecule has 0 radical (unpaired) electrons. The Morgan fingerprint density at radius 1 is 1.45 bits per heavy atom. The summed E-state index contributed by atoms with van der Waals surface area (Å²) in [5.74, 6) is -0.567. The normalized spacial score (nSPS) is 12.9. The molecule has 0 spiro atoms. The molecule has 1 aromatic carbocycles. The highest BCUT2D eigenvalue weighted by atomic mass is 32.2. The van der Waals surface area contributed by atoms with Crippen LogP contribution in [0.1, 0.15) is 12.5 Å². The van der Waals surface area contributed by atoms with Crippen LogP contribution in [-0.4, -0.2) is 39.8 Å². The van der Waals surface area contributed by atoms with Gasteiger partial charge in [0.2, 0.25) is 5.91 Å². The summed E-state index contributed by atoms with van der Waals surface area (Å²) in [6, 6.07) is 4.72. The van der Waals surface area contributed by atoms with Crippen molar-refractivity contribution >= 4 is 21.4 Å². The molecule has 0 saturated carbocycles. The second-order valence-electron chi connectivity index (χ2n) is 4.51. The van der Waals surface area contributed by atoms with Gasteiger partial charge in [0.05, 0.1) is 17.2 Å². The standard InChI is InChI=1S/C13H20N2O4S/c1-9-4-5-11(14)12(8-9)20(17,18)10(2)13(16)15-6-7-19-3/h4-5,8,10H,6-7,14H2,1-3H3,(H,15,16). The number of hydrogen-bond donors (Lipinski definition) is 2. The highest BCUT2D eigenvalue weighted by molar-refractivity contribution is 7.93.